The number of nitrogens with one attached hydrogen (secondary N) is 1. The second kappa shape index (κ2) is 5.86. The number of H-pyrrole nitrogens is 1. The molecule has 1 N–H and O–H groups in total. The van der Waals surface area contributed by atoms with E-state index in [1.165, 1.54) is 0 Å². The number of aromatic nitrogens is 4. The minimum Gasteiger partial charge on any atom is -0.339 e. The van der Waals surface area contributed by atoms with E-state index in [0.717, 1.165) is 0 Å². The standard InChI is InChI=1S/C13H13F3N6O/c14-13(15,16)9-8-10(23)20-12(19-9)22-6-4-21(5-7-22)11-17-2-1-3-18-11/h1-3,8H,4-7H2,(H,19,20,23). The maximum atomic E-state index is 12.7. The first-order valence-electron chi connectivity index (χ1n) is 6.89. The Bertz CT molecular complexity index is 724. The fourth-order valence-corrected chi connectivity index (χ4v) is 2.31. The molecule has 0 unspecified atom stereocenters. The van der Waals surface area contributed by atoms with Crippen molar-refractivity contribution in [1.29, 1.82) is 0 Å². The van der Waals surface area contributed by atoms with Crippen molar-refractivity contribution in [2.45, 2.75) is 6.18 Å². The lowest BCUT2D eigenvalue weighted by Gasteiger charge is -2.34. The average Bonchev–Trinajstić information content (AvgIpc) is 2.54. The lowest BCUT2D eigenvalue weighted by atomic mass is 10.3. The van der Waals surface area contributed by atoms with Crippen LogP contribution in [0.1, 0.15) is 5.69 Å². The van der Waals surface area contributed by atoms with Crippen LogP contribution >= 0.6 is 0 Å². The van der Waals surface area contributed by atoms with Gasteiger partial charge in [-0.2, -0.15) is 13.2 Å². The number of hydrogen-bond donors (Lipinski definition) is 1. The molecule has 122 valence electrons. The number of halogens is 3. The van der Waals surface area contributed by atoms with E-state index in [-0.39, 0.29) is 5.95 Å². The van der Waals surface area contributed by atoms with Crippen molar-refractivity contribution in [1.82, 2.24) is 19.9 Å². The molecule has 3 heterocycles. The van der Waals surface area contributed by atoms with Crippen LogP contribution in [0.15, 0.2) is 29.3 Å². The second-order valence-electron chi connectivity index (χ2n) is 4.97. The maximum Gasteiger partial charge on any atom is 0.433 e. The molecule has 3 rings (SSSR count). The molecule has 0 amide bonds. The van der Waals surface area contributed by atoms with Gasteiger partial charge in [-0.3, -0.25) is 9.78 Å². The van der Waals surface area contributed by atoms with Crippen molar-refractivity contribution < 1.29 is 13.2 Å². The van der Waals surface area contributed by atoms with E-state index in [0.29, 0.717) is 38.2 Å². The van der Waals surface area contributed by atoms with Gasteiger partial charge in [0, 0.05) is 44.6 Å². The third kappa shape index (κ3) is 3.41. The number of alkyl halides is 3. The topological polar surface area (TPSA) is 78.0 Å². The van der Waals surface area contributed by atoms with Gasteiger partial charge in [0.1, 0.15) is 0 Å². The van der Waals surface area contributed by atoms with Gasteiger partial charge in [-0.05, 0) is 6.07 Å². The van der Waals surface area contributed by atoms with Crippen LogP contribution in [0.25, 0.3) is 0 Å². The van der Waals surface area contributed by atoms with E-state index in [2.05, 4.69) is 19.9 Å². The molecule has 2 aromatic rings. The molecule has 1 aliphatic heterocycles. The van der Waals surface area contributed by atoms with Crippen LogP contribution in [-0.2, 0) is 6.18 Å². The van der Waals surface area contributed by atoms with Gasteiger partial charge in [0.05, 0.1) is 0 Å². The summed E-state index contributed by atoms with van der Waals surface area (Å²) < 4.78 is 38.2. The molecule has 1 saturated heterocycles. The van der Waals surface area contributed by atoms with Crippen LogP contribution in [0, 0.1) is 0 Å². The number of anilines is 2. The number of piperazine rings is 1. The summed E-state index contributed by atoms with van der Waals surface area (Å²) in [7, 11) is 0. The van der Waals surface area contributed by atoms with Gasteiger partial charge in [-0.15, -0.1) is 0 Å². The van der Waals surface area contributed by atoms with E-state index < -0.39 is 17.4 Å². The summed E-state index contributed by atoms with van der Waals surface area (Å²) in [6, 6.07) is 2.16. The van der Waals surface area contributed by atoms with Gasteiger partial charge in [0.25, 0.3) is 5.56 Å². The summed E-state index contributed by atoms with van der Waals surface area (Å²) in [6.45, 7) is 1.85. The van der Waals surface area contributed by atoms with E-state index in [4.69, 9.17) is 0 Å². The van der Waals surface area contributed by atoms with E-state index in [9.17, 15) is 18.0 Å². The number of hydrogen-bond acceptors (Lipinski definition) is 6. The van der Waals surface area contributed by atoms with Crippen LogP contribution < -0.4 is 15.4 Å². The molecule has 0 aliphatic carbocycles. The molecule has 10 heteroatoms. The highest BCUT2D eigenvalue weighted by molar-refractivity contribution is 5.37. The second-order valence-corrected chi connectivity index (χ2v) is 4.97. The maximum absolute atomic E-state index is 12.7. The Morgan fingerprint density at radius 2 is 1.65 bits per heavy atom. The smallest absolute Gasteiger partial charge is 0.339 e. The molecular weight excluding hydrogens is 313 g/mol. The molecule has 0 atom stereocenters. The summed E-state index contributed by atoms with van der Waals surface area (Å²) in [5, 5.41) is 0. The fourth-order valence-electron chi connectivity index (χ4n) is 2.31. The molecule has 0 radical (unpaired) electrons. The highest BCUT2D eigenvalue weighted by Gasteiger charge is 2.34. The van der Waals surface area contributed by atoms with E-state index in [1.807, 2.05) is 4.90 Å². The zero-order valence-corrected chi connectivity index (χ0v) is 11.9. The molecule has 7 nitrogen and oxygen atoms in total. The molecular formula is C13H13F3N6O. The Hall–Kier alpha value is -2.65. The number of nitrogens with zero attached hydrogens (tertiary/aromatic N) is 5. The quantitative estimate of drug-likeness (QED) is 0.884. The van der Waals surface area contributed by atoms with Gasteiger partial charge < -0.3 is 9.80 Å². The van der Waals surface area contributed by atoms with Crippen molar-refractivity contribution in [3.63, 3.8) is 0 Å². The summed E-state index contributed by atoms with van der Waals surface area (Å²) >= 11 is 0. The first-order chi connectivity index (χ1) is 10.9. The van der Waals surface area contributed by atoms with Crippen molar-refractivity contribution in [3.05, 3.63) is 40.6 Å². The van der Waals surface area contributed by atoms with Crippen LogP contribution in [-0.4, -0.2) is 46.1 Å². The molecule has 23 heavy (non-hydrogen) atoms. The molecule has 0 aromatic carbocycles. The average molecular weight is 326 g/mol. The van der Waals surface area contributed by atoms with Crippen LogP contribution in [0.3, 0.4) is 0 Å². The van der Waals surface area contributed by atoms with Crippen LogP contribution in [0.5, 0.6) is 0 Å². The third-order valence-electron chi connectivity index (χ3n) is 3.43. The minimum absolute atomic E-state index is 0.0709. The first kappa shape index (κ1) is 15.3. The van der Waals surface area contributed by atoms with E-state index >= 15 is 0 Å². The number of rotatable bonds is 2. The Balaban J connectivity index is 1.75. The number of aromatic amines is 1. The largest absolute Gasteiger partial charge is 0.433 e. The lowest BCUT2D eigenvalue weighted by Crippen LogP contribution is -2.48. The minimum atomic E-state index is -4.65. The highest BCUT2D eigenvalue weighted by Crippen LogP contribution is 2.27. The normalized spacial score (nSPS) is 15.8. The van der Waals surface area contributed by atoms with Gasteiger partial charge in [0.2, 0.25) is 11.9 Å². The van der Waals surface area contributed by atoms with E-state index in [1.54, 1.807) is 23.4 Å². The van der Waals surface area contributed by atoms with Gasteiger partial charge in [-0.1, -0.05) is 0 Å². The summed E-state index contributed by atoms with van der Waals surface area (Å²) in [5.41, 5.74) is -2.01. The summed E-state index contributed by atoms with van der Waals surface area (Å²) in [5.74, 6) is 0.496. The third-order valence-corrected chi connectivity index (χ3v) is 3.43. The van der Waals surface area contributed by atoms with Gasteiger partial charge >= 0.3 is 6.18 Å². The van der Waals surface area contributed by atoms with Crippen LogP contribution in [0.2, 0.25) is 0 Å². The monoisotopic (exact) mass is 326 g/mol. The summed E-state index contributed by atoms with van der Waals surface area (Å²) in [6.07, 6.45) is -1.40. The molecule has 0 bridgehead atoms. The van der Waals surface area contributed by atoms with Crippen LogP contribution in [0.4, 0.5) is 25.1 Å². The molecule has 1 fully saturated rings. The Kier molecular flexibility index (Phi) is 3.89. The van der Waals surface area contributed by atoms with Crippen molar-refractivity contribution >= 4 is 11.9 Å². The SMILES string of the molecule is O=c1cc(C(F)(F)F)nc(N2CCN(c3ncccn3)CC2)[nH]1. The zero-order chi connectivity index (χ0) is 16.4. The fraction of sp³-hybridized carbons (Fsp3) is 0.385. The van der Waals surface area contributed by atoms with Crippen molar-refractivity contribution in [3.8, 4) is 0 Å². The summed E-state index contributed by atoms with van der Waals surface area (Å²) in [4.78, 5) is 29.1. The zero-order valence-electron chi connectivity index (χ0n) is 11.9. The van der Waals surface area contributed by atoms with Gasteiger partial charge in [-0.25, -0.2) is 15.0 Å². The predicted molar refractivity (Wildman–Crippen MR) is 76.3 cm³/mol. The predicted octanol–water partition coefficient (Wildman–Crippen LogP) is 0.905. The Morgan fingerprint density at radius 3 is 2.26 bits per heavy atom. The Morgan fingerprint density at radius 1 is 1.04 bits per heavy atom. The molecule has 0 spiro atoms. The first-order valence-corrected chi connectivity index (χ1v) is 6.89. The molecule has 0 saturated carbocycles. The van der Waals surface area contributed by atoms with Crippen molar-refractivity contribution in [2.24, 2.45) is 0 Å². The molecule has 2 aromatic heterocycles. The lowest BCUT2D eigenvalue weighted by molar-refractivity contribution is -0.141. The van der Waals surface area contributed by atoms with Crippen molar-refractivity contribution in [2.75, 3.05) is 36.0 Å². The molecule has 1 aliphatic rings. The van der Waals surface area contributed by atoms with Gasteiger partial charge in [0.15, 0.2) is 5.69 Å². The highest BCUT2D eigenvalue weighted by atomic mass is 19.4. The Labute approximate surface area is 128 Å².